The van der Waals surface area contributed by atoms with Gasteiger partial charge in [-0.2, -0.15) is 4.31 Å². The summed E-state index contributed by atoms with van der Waals surface area (Å²) in [6, 6.07) is 9.03. The second kappa shape index (κ2) is 8.64. The lowest BCUT2D eigenvalue weighted by Crippen LogP contribution is -2.53. The molecule has 6 nitrogen and oxygen atoms in total. The van der Waals surface area contributed by atoms with E-state index in [1.54, 1.807) is 31.2 Å². The average molecular weight is 445 g/mol. The van der Waals surface area contributed by atoms with Gasteiger partial charge in [0, 0.05) is 26.2 Å². The van der Waals surface area contributed by atoms with Gasteiger partial charge in [0.1, 0.15) is 22.3 Å². The number of para-hydroxylation sites is 1. The Balaban J connectivity index is 1.64. The predicted octanol–water partition coefficient (Wildman–Crippen LogP) is 2.92. The van der Waals surface area contributed by atoms with Crippen molar-refractivity contribution in [2.24, 2.45) is 0 Å². The minimum Gasteiger partial charge on any atom is -0.479 e. The molecule has 1 fully saturated rings. The van der Waals surface area contributed by atoms with Gasteiger partial charge in [0.25, 0.3) is 5.91 Å². The van der Waals surface area contributed by atoms with E-state index in [9.17, 15) is 22.0 Å². The molecule has 3 rings (SSSR count). The SMILES string of the molecule is CC(Oc1ccccc1Cl)C(=O)N1CCN(S(=O)(=O)c2cc(F)ccc2F)CC1. The van der Waals surface area contributed by atoms with Crippen LogP contribution >= 0.6 is 11.6 Å². The normalized spacial score (nSPS) is 16.5. The Morgan fingerprint density at radius 1 is 1.10 bits per heavy atom. The fourth-order valence-corrected chi connectivity index (χ4v) is 4.68. The second-order valence-corrected chi connectivity index (χ2v) is 8.81. The molecule has 1 unspecified atom stereocenters. The van der Waals surface area contributed by atoms with E-state index in [-0.39, 0.29) is 32.1 Å². The van der Waals surface area contributed by atoms with Crippen LogP contribution in [0.4, 0.5) is 8.78 Å². The van der Waals surface area contributed by atoms with E-state index < -0.39 is 32.7 Å². The van der Waals surface area contributed by atoms with Crippen LogP contribution in [0.25, 0.3) is 0 Å². The summed E-state index contributed by atoms with van der Waals surface area (Å²) in [5.74, 6) is -1.81. The molecule has 0 saturated carbocycles. The highest BCUT2D eigenvalue weighted by Gasteiger charge is 2.33. The summed E-state index contributed by atoms with van der Waals surface area (Å²) in [7, 11) is -4.21. The van der Waals surface area contributed by atoms with E-state index in [1.165, 1.54) is 4.90 Å². The van der Waals surface area contributed by atoms with E-state index in [2.05, 4.69) is 0 Å². The third-order valence-corrected chi connectivity index (χ3v) is 6.78. The largest absolute Gasteiger partial charge is 0.479 e. The number of nitrogens with zero attached hydrogens (tertiary/aromatic N) is 2. The predicted molar refractivity (Wildman–Crippen MR) is 103 cm³/mol. The first-order valence-electron chi connectivity index (χ1n) is 8.85. The molecule has 0 aliphatic carbocycles. The maximum Gasteiger partial charge on any atom is 0.263 e. The molecule has 0 N–H and O–H groups in total. The van der Waals surface area contributed by atoms with Crippen molar-refractivity contribution in [3.05, 3.63) is 59.1 Å². The van der Waals surface area contributed by atoms with Gasteiger partial charge in [-0.05, 0) is 37.3 Å². The third-order valence-electron chi connectivity index (χ3n) is 4.55. The third kappa shape index (κ3) is 4.68. The molecule has 2 aromatic carbocycles. The van der Waals surface area contributed by atoms with E-state index in [1.807, 2.05) is 0 Å². The van der Waals surface area contributed by atoms with Crippen molar-refractivity contribution < 1.29 is 26.7 Å². The Morgan fingerprint density at radius 2 is 1.76 bits per heavy atom. The number of piperazine rings is 1. The molecule has 2 aromatic rings. The number of amides is 1. The number of sulfonamides is 1. The molecule has 0 bridgehead atoms. The van der Waals surface area contributed by atoms with Crippen LogP contribution in [0.1, 0.15) is 6.92 Å². The summed E-state index contributed by atoms with van der Waals surface area (Å²) in [6.07, 6.45) is -0.821. The molecule has 1 atom stereocenters. The summed E-state index contributed by atoms with van der Waals surface area (Å²) < 4.78 is 59.2. The van der Waals surface area contributed by atoms with E-state index in [0.717, 1.165) is 16.4 Å². The standard InChI is InChI=1S/C19H19ClF2N2O4S/c1-13(28-17-5-3-2-4-15(17)20)19(25)23-8-10-24(11-9-23)29(26,27)18-12-14(21)6-7-16(18)22/h2-7,12-13H,8-11H2,1H3. The molecule has 0 aromatic heterocycles. The minimum atomic E-state index is -4.21. The lowest BCUT2D eigenvalue weighted by Gasteiger charge is -2.35. The molecular formula is C19H19ClF2N2O4S. The summed E-state index contributed by atoms with van der Waals surface area (Å²) >= 11 is 6.03. The van der Waals surface area contributed by atoms with Gasteiger partial charge in [0.15, 0.2) is 6.10 Å². The Bertz CT molecular complexity index is 1010. The van der Waals surface area contributed by atoms with Gasteiger partial charge in [-0.25, -0.2) is 17.2 Å². The van der Waals surface area contributed by atoms with Crippen LogP contribution in [0.3, 0.4) is 0 Å². The topological polar surface area (TPSA) is 66.9 Å². The fraction of sp³-hybridized carbons (Fsp3) is 0.316. The number of hydrogen-bond donors (Lipinski definition) is 0. The van der Waals surface area contributed by atoms with Crippen LogP contribution < -0.4 is 4.74 Å². The van der Waals surface area contributed by atoms with Crippen molar-refractivity contribution in [3.8, 4) is 5.75 Å². The van der Waals surface area contributed by atoms with E-state index in [4.69, 9.17) is 16.3 Å². The zero-order chi connectivity index (χ0) is 21.2. The number of benzene rings is 2. The summed E-state index contributed by atoms with van der Waals surface area (Å²) in [6.45, 7) is 1.71. The van der Waals surface area contributed by atoms with Gasteiger partial charge in [-0.15, -0.1) is 0 Å². The van der Waals surface area contributed by atoms with Crippen molar-refractivity contribution in [3.63, 3.8) is 0 Å². The lowest BCUT2D eigenvalue weighted by molar-refractivity contribution is -0.139. The maximum atomic E-state index is 13.9. The molecule has 1 amide bonds. The molecule has 1 aliphatic rings. The van der Waals surface area contributed by atoms with Gasteiger partial charge in [0.05, 0.1) is 5.02 Å². The molecule has 10 heteroatoms. The van der Waals surface area contributed by atoms with Gasteiger partial charge in [0.2, 0.25) is 10.0 Å². The number of ether oxygens (including phenoxy) is 1. The van der Waals surface area contributed by atoms with Crippen molar-refractivity contribution in [2.75, 3.05) is 26.2 Å². The van der Waals surface area contributed by atoms with Gasteiger partial charge < -0.3 is 9.64 Å². The Hall–Kier alpha value is -2.23. The minimum absolute atomic E-state index is 0.0388. The molecule has 1 aliphatic heterocycles. The van der Waals surface area contributed by atoms with Gasteiger partial charge >= 0.3 is 0 Å². The van der Waals surface area contributed by atoms with Crippen LogP contribution in [0.2, 0.25) is 5.02 Å². The van der Waals surface area contributed by atoms with Gasteiger partial charge in [-0.3, -0.25) is 4.79 Å². The van der Waals surface area contributed by atoms with Crippen molar-refractivity contribution in [1.82, 2.24) is 9.21 Å². The zero-order valence-corrected chi connectivity index (χ0v) is 17.1. The number of carbonyl (C=O) groups is 1. The monoisotopic (exact) mass is 444 g/mol. The number of hydrogen-bond acceptors (Lipinski definition) is 4. The van der Waals surface area contributed by atoms with Crippen molar-refractivity contribution in [1.29, 1.82) is 0 Å². The highest BCUT2D eigenvalue weighted by Crippen LogP contribution is 2.25. The highest BCUT2D eigenvalue weighted by atomic mass is 35.5. The quantitative estimate of drug-likeness (QED) is 0.711. The highest BCUT2D eigenvalue weighted by molar-refractivity contribution is 7.89. The van der Waals surface area contributed by atoms with Crippen LogP contribution in [0.5, 0.6) is 5.75 Å². The van der Waals surface area contributed by atoms with Crippen LogP contribution in [0, 0.1) is 11.6 Å². The van der Waals surface area contributed by atoms with Crippen LogP contribution in [0.15, 0.2) is 47.4 Å². The first kappa shape index (κ1) is 21.5. The lowest BCUT2D eigenvalue weighted by atomic mass is 10.2. The van der Waals surface area contributed by atoms with Crippen LogP contribution in [-0.4, -0.2) is 55.8 Å². The first-order chi connectivity index (χ1) is 13.7. The second-order valence-electron chi connectivity index (χ2n) is 6.49. The summed E-state index contributed by atoms with van der Waals surface area (Å²) in [4.78, 5) is 13.4. The molecule has 29 heavy (non-hydrogen) atoms. The Morgan fingerprint density at radius 3 is 2.41 bits per heavy atom. The molecule has 0 radical (unpaired) electrons. The number of carbonyl (C=O) groups excluding carboxylic acids is 1. The fourth-order valence-electron chi connectivity index (χ4n) is 3.00. The molecule has 156 valence electrons. The Kier molecular flexibility index (Phi) is 6.40. The maximum absolute atomic E-state index is 13.9. The number of rotatable bonds is 5. The Labute approximate surface area is 172 Å². The zero-order valence-electron chi connectivity index (χ0n) is 15.5. The molecule has 1 saturated heterocycles. The smallest absolute Gasteiger partial charge is 0.263 e. The van der Waals surface area contributed by atoms with E-state index >= 15 is 0 Å². The van der Waals surface area contributed by atoms with Crippen molar-refractivity contribution in [2.45, 2.75) is 17.9 Å². The van der Waals surface area contributed by atoms with Crippen LogP contribution in [-0.2, 0) is 14.8 Å². The van der Waals surface area contributed by atoms with Gasteiger partial charge in [-0.1, -0.05) is 23.7 Å². The van der Waals surface area contributed by atoms with E-state index in [0.29, 0.717) is 16.8 Å². The molecular weight excluding hydrogens is 426 g/mol. The molecule has 1 heterocycles. The van der Waals surface area contributed by atoms with Crippen molar-refractivity contribution >= 4 is 27.5 Å². The number of halogens is 3. The summed E-state index contributed by atoms with van der Waals surface area (Å²) in [5, 5.41) is 0.375. The first-order valence-corrected chi connectivity index (χ1v) is 10.7. The summed E-state index contributed by atoms with van der Waals surface area (Å²) in [5.41, 5.74) is 0. The average Bonchev–Trinajstić information content (AvgIpc) is 2.71. The molecule has 0 spiro atoms.